The zero-order valence-electron chi connectivity index (χ0n) is 44.9. The molecule has 3 aromatic carbocycles. The van der Waals surface area contributed by atoms with Crippen molar-refractivity contribution >= 4 is 50.7 Å². The van der Waals surface area contributed by atoms with Gasteiger partial charge in [0.15, 0.2) is 11.6 Å². The van der Waals surface area contributed by atoms with Gasteiger partial charge in [-0.25, -0.2) is 29.1 Å². The first-order chi connectivity index (χ1) is 38.4. The zero-order valence-corrected chi connectivity index (χ0v) is 47.3. The number of hydrogen-bond acceptors (Lipinski definition) is 18. The van der Waals surface area contributed by atoms with Crippen molar-refractivity contribution in [3.05, 3.63) is 105 Å². The first-order valence-electron chi connectivity index (χ1n) is 26.5. The molecule has 0 unspecified atom stereocenters. The number of benzene rings is 3. The van der Waals surface area contributed by atoms with E-state index in [0.29, 0.717) is 160 Å². The van der Waals surface area contributed by atoms with Crippen LogP contribution in [0.25, 0.3) is 31.8 Å². The molecule has 424 valence electrons. The molecular formula is C57H67Cl2FN6O12S. The van der Waals surface area contributed by atoms with Gasteiger partial charge < -0.3 is 57.4 Å². The molecule has 1 N–H and O–H groups in total. The molecule has 2 atom stereocenters. The average molecular weight is 1150 g/mol. The van der Waals surface area contributed by atoms with Crippen molar-refractivity contribution in [1.29, 1.82) is 0 Å². The third-order valence-electron chi connectivity index (χ3n) is 14.2. The maximum Gasteiger partial charge on any atom is 0.345 e. The van der Waals surface area contributed by atoms with Gasteiger partial charge in [0.05, 0.1) is 87.2 Å². The SMILES string of the molecule is COCCOCCOCCOCCOCCOC1(c2nccc(COc3ccc4cc3C[C@H](C(=O)O)Oc3ncnc5sc(-c6ccc(F)cc6)c(c35)-c3c(C)c(Cl)c(c(Cl)c3C)O[C@H](CN3CCN(C)CC3)CO4)n2)CCC1. The zero-order chi connectivity index (χ0) is 55.3. The Balaban J connectivity index is 0.958. The lowest BCUT2D eigenvalue weighted by molar-refractivity contribution is -0.145. The maximum absolute atomic E-state index is 14.5. The molecule has 22 heteroatoms. The number of ether oxygens (including phenoxy) is 10. The average Bonchev–Trinajstić information content (AvgIpc) is 4.10. The normalized spacial score (nSPS) is 17.7. The van der Waals surface area contributed by atoms with Crippen LogP contribution in [0, 0.1) is 19.7 Å². The number of fused-ring (bicyclic) bond motifs is 7. The van der Waals surface area contributed by atoms with Crippen molar-refractivity contribution in [1.82, 2.24) is 29.7 Å². The van der Waals surface area contributed by atoms with Crippen LogP contribution in [0.3, 0.4) is 0 Å². The summed E-state index contributed by atoms with van der Waals surface area (Å²) in [4.78, 5) is 38.1. The number of nitrogens with zero attached hydrogens (tertiary/aromatic N) is 6. The van der Waals surface area contributed by atoms with Crippen molar-refractivity contribution in [3.8, 4) is 44.7 Å². The first-order valence-corrected chi connectivity index (χ1v) is 28.1. The van der Waals surface area contributed by atoms with Crippen molar-refractivity contribution in [2.75, 3.05) is 120 Å². The van der Waals surface area contributed by atoms with Gasteiger partial charge in [0.25, 0.3) is 0 Å². The summed E-state index contributed by atoms with van der Waals surface area (Å²) in [5.41, 5.74) is 3.66. The molecule has 1 saturated carbocycles. The largest absolute Gasteiger partial charge is 0.490 e. The van der Waals surface area contributed by atoms with Gasteiger partial charge in [0.1, 0.15) is 53.4 Å². The van der Waals surface area contributed by atoms with Gasteiger partial charge >= 0.3 is 5.97 Å². The number of carbonyl (C=O) groups is 1. The van der Waals surface area contributed by atoms with Gasteiger partial charge in [-0.3, -0.25) is 4.90 Å². The molecule has 3 aliphatic heterocycles. The highest BCUT2D eigenvalue weighted by atomic mass is 35.5. The highest BCUT2D eigenvalue weighted by Crippen LogP contribution is 2.53. The summed E-state index contributed by atoms with van der Waals surface area (Å²) >= 11 is 16.1. The number of carboxylic acids is 1. The molecule has 4 bridgehead atoms. The Morgan fingerprint density at radius 2 is 1.51 bits per heavy atom. The van der Waals surface area contributed by atoms with Crippen LogP contribution in [0.4, 0.5) is 4.39 Å². The van der Waals surface area contributed by atoms with E-state index in [0.717, 1.165) is 45.4 Å². The predicted octanol–water partition coefficient (Wildman–Crippen LogP) is 9.03. The van der Waals surface area contributed by atoms with Crippen LogP contribution in [0.5, 0.6) is 23.1 Å². The Hall–Kier alpha value is -5.36. The predicted molar refractivity (Wildman–Crippen MR) is 297 cm³/mol. The molecule has 1 saturated heterocycles. The maximum atomic E-state index is 14.5. The van der Waals surface area contributed by atoms with E-state index in [-0.39, 0.29) is 25.5 Å². The fraction of sp³-hybridized carbons (Fsp3) is 0.491. The summed E-state index contributed by atoms with van der Waals surface area (Å²) in [7, 11) is 3.74. The summed E-state index contributed by atoms with van der Waals surface area (Å²) in [6.45, 7) is 12.4. The lowest BCUT2D eigenvalue weighted by Crippen LogP contribution is -2.49. The number of aliphatic carboxylic acids is 1. The monoisotopic (exact) mass is 1150 g/mol. The molecule has 18 nitrogen and oxygen atoms in total. The summed E-state index contributed by atoms with van der Waals surface area (Å²) in [5, 5.41) is 12.0. The number of rotatable bonds is 24. The van der Waals surface area contributed by atoms with Crippen LogP contribution in [0.2, 0.25) is 10.0 Å². The highest BCUT2D eigenvalue weighted by Gasteiger charge is 2.43. The van der Waals surface area contributed by atoms with Gasteiger partial charge in [-0.05, 0) is 98.8 Å². The molecule has 0 radical (unpaired) electrons. The van der Waals surface area contributed by atoms with Gasteiger partial charge in [0.2, 0.25) is 12.0 Å². The number of likely N-dealkylation sites (N-methyl/N-ethyl adjacent to an activating group) is 1. The van der Waals surface area contributed by atoms with Gasteiger partial charge in [-0.15, -0.1) is 11.3 Å². The van der Waals surface area contributed by atoms with Crippen molar-refractivity contribution in [2.24, 2.45) is 0 Å². The minimum absolute atomic E-state index is 0.0183. The Labute approximate surface area is 473 Å². The Morgan fingerprint density at radius 1 is 0.835 bits per heavy atom. The summed E-state index contributed by atoms with van der Waals surface area (Å²) in [5.74, 6) is 0.0729. The van der Waals surface area contributed by atoms with Crippen molar-refractivity contribution in [3.63, 3.8) is 0 Å². The van der Waals surface area contributed by atoms with Crippen molar-refractivity contribution < 1.29 is 61.7 Å². The fourth-order valence-corrected chi connectivity index (χ4v) is 11.4. The van der Waals surface area contributed by atoms with Crippen LogP contribution < -0.4 is 18.9 Å². The van der Waals surface area contributed by atoms with E-state index >= 15 is 0 Å². The Kier molecular flexibility index (Phi) is 20.6. The lowest BCUT2D eigenvalue weighted by Gasteiger charge is -2.40. The number of thiophene rings is 1. The summed E-state index contributed by atoms with van der Waals surface area (Å²) < 4.78 is 74.6. The summed E-state index contributed by atoms with van der Waals surface area (Å²) in [6, 6.07) is 13.2. The highest BCUT2D eigenvalue weighted by molar-refractivity contribution is 7.22. The second-order valence-corrected chi connectivity index (χ2v) is 21.4. The fourth-order valence-electron chi connectivity index (χ4n) is 9.69. The van der Waals surface area contributed by atoms with E-state index in [1.54, 1.807) is 49.7 Å². The molecule has 0 spiro atoms. The van der Waals surface area contributed by atoms with E-state index in [1.165, 1.54) is 29.8 Å². The number of methoxy groups -OCH3 is 1. The molecule has 10 rings (SSSR count). The first kappa shape index (κ1) is 58.3. The molecule has 6 aromatic rings. The number of halogens is 3. The number of carboxylic acid groups (broad SMARTS) is 1. The molecule has 2 fully saturated rings. The minimum atomic E-state index is -1.49. The second kappa shape index (κ2) is 27.9. The third kappa shape index (κ3) is 14.6. The number of piperazine rings is 1. The van der Waals surface area contributed by atoms with Crippen LogP contribution in [0.15, 0.2) is 61.1 Å². The second-order valence-electron chi connectivity index (χ2n) is 19.6. The quantitative estimate of drug-likeness (QED) is 0.0565. The van der Waals surface area contributed by atoms with E-state index in [4.69, 9.17) is 75.6 Å². The Morgan fingerprint density at radius 3 is 2.15 bits per heavy atom. The third-order valence-corrected chi connectivity index (χ3v) is 16.2. The van der Waals surface area contributed by atoms with E-state index in [1.807, 2.05) is 13.8 Å². The molecule has 4 aliphatic rings. The van der Waals surface area contributed by atoms with Crippen LogP contribution in [-0.4, -0.2) is 173 Å². The molecule has 0 amide bonds. The van der Waals surface area contributed by atoms with E-state index in [2.05, 4.69) is 31.8 Å². The van der Waals surface area contributed by atoms with Crippen LogP contribution in [-0.2, 0) is 51.8 Å². The summed E-state index contributed by atoms with van der Waals surface area (Å²) in [6.07, 6.45) is 3.30. The van der Waals surface area contributed by atoms with Gasteiger partial charge in [-0.1, -0.05) is 35.3 Å². The van der Waals surface area contributed by atoms with Crippen LogP contribution in [0.1, 0.15) is 47.5 Å². The van der Waals surface area contributed by atoms with Gasteiger partial charge in [0, 0.05) is 68.5 Å². The lowest BCUT2D eigenvalue weighted by atomic mass is 9.79. The molecule has 79 heavy (non-hydrogen) atoms. The number of hydrogen-bond donors (Lipinski definition) is 1. The molecule has 6 heterocycles. The molecular weight excluding hydrogens is 1080 g/mol. The van der Waals surface area contributed by atoms with E-state index < -0.39 is 29.6 Å². The van der Waals surface area contributed by atoms with Gasteiger partial charge in [-0.2, -0.15) is 0 Å². The topological polar surface area (TPSA) is 188 Å². The molecule has 3 aromatic heterocycles. The van der Waals surface area contributed by atoms with Crippen LogP contribution >= 0.6 is 34.5 Å². The van der Waals surface area contributed by atoms with Crippen molar-refractivity contribution in [2.45, 2.75) is 63.9 Å². The Bertz CT molecular complexity index is 2970. The molecule has 1 aliphatic carbocycles. The smallest absolute Gasteiger partial charge is 0.345 e. The van der Waals surface area contributed by atoms with E-state index in [9.17, 15) is 14.3 Å². The number of aromatic nitrogens is 4. The standard InChI is InChI=1S/C57H67Cl2FN6O12S/c1-36-46-37(2)50(59)51(49(36)58)77-43(32-66-18-16-65(3)17-19-66)34-74-42-10-11-44(39(30-42)31-45(55(67)68)78-53-48-47(46)52(79-54(48)63-35-62-53)38-6-8-40(60)9-7-38)75-33-41-12-15-61-56(64-41)57(13-5-14-57)76-29-28-73-27-26-72-25-24-71-23-22-70-21-20-69-4/h6-12,15,30,35,43,45H,5,13-14,16-29,31-34H2,1-4H3,(H,67,68)/t43-,45-/m1/s1. The minimum Gasteiger partial charge on any atom is -0.490 e.